The van der Waals surface area contributed by atoms with Crippen LogP contribution in [0.1, 0.15) is 13.3 Å². The van der Waals surface area contributed by atoms with Gasteiger partial charge in [-0.3, -0.25) is 0 Å². The number of urea groups is 1. The molecule has 1 rings (SSSR count). The lowest BCUT2D eigenvalue weighted by Gasteiger charge is -2.09. The Hall–Kier alpha value is -1.69. The van der Waals surface area contributed by atoms with Gasteiger partial charge in [-0.2, -0.15) is 0 Å². The normalized spacial score (nSPS) is 12.0. The average molecular weight is 244 g/mol. The maximum atomic E-state index is 13.1. The Kier molecular flexibility index (Phi) is 4.84. The fourth-order valence-corrected chi connectivity index (χ4v) is 1.15. The summed E-state index contributed by atoms with van der Waals surface area (Å²) in [5, 5.41) is 13.6. The molecule has 4 nitrogen and oxygen atoms in total. The number of anilines is 1. The van der Waals surface area contributed by atoms with Crippen molar-refractivity contribution in [1.82, 2.24) is 5.32 Å². The molecule has 0 bridgehead atoms. The lowest BCUT2D eigenvalue weighted by Crippen LogP contribution is -2.31. The molecule has 0 aromatic heterocycles. The molecule has 6 heteroatoms. The first-order valence-corrected chi connectivity index (χ1v) is 5.17. The van der Waals surface area contributed by atoms with Crippen LogP contribution in [0.15, 0.2) is 18.2 Å². The van der Waals surface area contributed by atoms with Gasteiger partial charge in [0.25, 0.3) is 0 Å². The second kappa shape index (κ2) is 6.15. The Bertz CT molecular complexity index is 397. The first kappa shape index (κ1) is 13.4. The fourth-order valence-electron chi connectivity index (χ4n) is 1.15. The van der Waals surface area contributed by atoms with Crippen molar-refractivity contribution in [2.75, 3.05) is 11.9 Å². The Morgan fingerprint density at radius 3 is 2.76 bits per heavy atom. The van der Waals surface area contributed by atoms with Crippen LogP contribution >= 0.6 is 0 Å². The second-order valence-electron chi connectivity index (χ2n) is 3.64. The summed E-state index contributed by atoms with van der Waals surface area (Å²) in [5.41, 5.74) is -0.0963. The molecule has 0 spiro atoms. The van der Waals surface area contributed by atoms with Gasteiger partial charge in [0, 0.05) is 12.6 Å². The number of aliphatic hydroxyl groups is 1. The number of hydrogen-bond acceptors (Lipinski definition) is 2. The predicted molar refractivity (Wildman–Crippen MR) is 59.7 cm³/mol. The Balaban J connectivity index is 2.45. The number of amides is 2. The van der Waals surface area contributed by atoms with Gasteiger partial charge in [-0.25, -0.2) is 13.6 Å². The monoisotopic (exact) mass is 244 g/mol. The quantitative estimate of drug-likeness (QED) is 0.757. The smallest absolute Gasteiger partial charge is 0.319 e. The summed E-state index contributed by atoms with van der Waals surface area (Å²) in [4.78, 5) is 11.3. The van der Waals surface area contributed by atoms with E-state index in [1.54, 1.807) is 6.92 Å². The molecule has 0 saturated heterocycles. The number of halogens is 2. The lowest BCUT2D eigenvalue weighted by molar-refractivity contribution is 0.184. The van der Waals surface area contributed by atoms with Crippen molar-refractivity contribution in [2.24, 2.45) is 0 Å². The van der Waals surface area contributed by atoms with Crippen LogP contribution in [0.5, 0.6) is 0 Å². The molecule has 0 fully saturated rings. The van der Waals surface area contributed by atoms with Crippen LogP contribution < -0.4 is 10.6 Å². The van der Waals surface area contributed by atoms with E-state index in [-0.39, 0.29) is 12.2 Å². The summed E-state index contributed by atoms with van der Waals surface area (Å²) < 4.78 is 25.7. The molecule has 0 aliphatic carbocycles. The average Bonchev–Trinajstić information content (AvgIpc) is 2.21. The van der Waals surface area contributed by atoms with Gasteiger partial charge >= 0.3 is 6.03 Å². The highest BCUT2D eigenvalue weighted by atomic mass is 19.1. The summed E-state index contributed by atoms with van der Waals surface area (Å²) in [7, 11) is 0. The highest BCUT2D eigenvalue weighted by Gasteiger charge is 2.07. The van der Waals surface area contributed by atoms with E-state index in [9.17, 15) is 13.6 Å². The molecule has 94 valence electrons. The molecule has 0 saturated carbocycles. The van der Waals surface area contributed by atoms with Crippen molar-refractivity contribution >= 4 is 11.7 Å². The third-order valence-electron chi connectivity index (χ3n) is 2.03. The van der Waals surface area contributed by atoms with Crippen molar-refractivity contribution in [1.29, 1.82) is 0 Å². The van der Waals surface area contributed by atoms with Crippen LogP contribution in [-0.2, 0) is 0 Å². The molecule has 1 atom stereocenters. The third-order valence-corrected chi connectivity index (χ3v) is 2.03. The molecule has 2 amide bonds. The Labute approximate surface area is 97.6 Å². The largest absolute Gasteiger partial charge is 0.393 e. The highest BCUT2D eigenvalue weighted by molar-refractivity contribution is 5.89. The molecule has 0 heterocycles. The standard InChI is InChI=1S/C11H14F2N2O2/c1-7(16)4-5-14-11(17)15-10-3-2-8(12)6-9(10)13/h2-3,6-7,16H,4-5H2,1H3,(H2,14,15,17)/t7-/m0/s1. The number of hydrogen-bond donors (Lipinski definition) is 3. The van der Waals surface area contributed by atoms with E-state index in [4.69, 9.17) is 5.11 Å². The summed E-state index contributed by atoms with van der Waals surface area (Å²) in [5.74, 6) is -1.54. The van der Waals surface area contributed by atoms with Crippen molar-refractivity contribution in [3.63, 3.8) is 0 Å². The van der Waals surface area contributed by atoms with Crippen molar-refractivity contribution in [2.45, 2.75) is 19.4 Å². The van der Waals surface area contributed by atoms with Crippen LogP contribution in [-0.4, -0.2) is 23.8 Å². The van der Waals surface area contributed by atoms with Gasteiger partial charge in [-0.1, -0.05) is 0 Å². The number of aliphatic hydroxyl groups excluding tert-OH is 1. The predicted octanol–water partition coefficient (Wildman–Crippen LogP) is 1.86. The van der Waals surface area contributed by atoms with E-state index in [1.165, 1.54) is 0 Å². The summed E-state index contributed by atoms with van der Waals surface area (Å²) in [6, 6.07) is 2.27. The number of carbonyl (C=O) groups excluding carboxylic acids is 1. The summed E-state index contributed by atoms with van der Waals surface area (Å²) in [6.07, 6.45) is -0.114. The number of carbonyl (C=O) groups is 1. The van der Waals surface area contributed by atoms with Crippen molar-refractivity contribution in [3.8, 4) is 0 Å². The minimum atomic E-state index is -0.837. The van der Waals surface area contributed by atoms with Crippen LogP contribution in [0, 0.1) is 11.6 Å². The van der Waals surface area contributed by atoms with E-state index >= 15 is 0 Å². The van der Waals surface area contributed by atoms with Crippen LogP contribution in [0.2, 0.25) is 0 Å². The van der Waals surface area contributed by atoms with Gasteiger partial charge in [-0.05, 0) is 25.5 Å². The van der Waals surface area contributed by atoms with Crippen molar-refractivity contribution in [3.05, 3.63) is 29.8 Å². The molecular formula is C11H14F2N2O2. The molecule has 1 aromatic rings. The first-order chi connectivity index (χ1) is 7.99. The zero-order valence-electron chi connectivity index (χ0n) is 9.34. The van der Waals surface area contributed by atoms with Gasteiger partial charge in [0.05, 0.1) is 11.8 Å². The van der Waals surface area contributed by atoms with Crippen LogP contribution in [0.4, 0.5) is 19.3 Å². The summed E-state index contributed by atoms with van der Waals surface area (Å²) >= 11 is 0. The van der Waals surface area contributed by atoms with E-state index < -0.39 is 23.8 Å². The first-order valence-electron chi connectivity index (χ1n) is 5.17. The second-order valence-corrected chi connectivity index (χ2v) is 3.64. The van der Waals surface area contributed by atoms with Crippen molar-refractivity contribution < 1.29 is 18.7 Å². The van der Waals surface area contributed by atoms with Gasteiger partial charge < -0.3 is 15.7 Å². The van der Waals surface area contributed by atoms with Crippen LogP contribution in [0.25, 0.3) is 0 Å². The zero-order chi connectivity index (χ0) is 12.8. The topological polar surface area (TPSA) is 61.4 Å². The van der Waals surface area contributed by atoms with Gasteiger partial charge in [0.2, 0.25) is 0 Å². The molecule has 0 unspecified atom stereocenters. The van der Waals surface area contributed by atoms with E-state index in [0.29, 0.717) is 12.5 Å². The Morgan fingerprint density at radius 2 is 2.18 bits per heavy atom. The molecule has 0 aliphatic heterocycles. The molecule has 1 aromatic carbocycles. The van der Waals surface area contributed by atoms with E-state index in [1.807, 2.05) is 0 Å². The van der Waals surface area contributed by atoms with E-state index in [0.717, 1.165) is 12.1 Å². The zero-order valence-corrected chi connectivity index (χ0v) is 9.34. The molecule has 0 aliphatic rings. The van der Waals surface area contributed by atoms with E-state index in [2.05, 4.69) is 10.6 Å². The van der Waals surface area contributed by atoms with Gasteiger partial charge in [0.1, 0.15) is 11.6 Å². The van der Waals surface area contributed by atoms with Crippen LogP contribution in [0.3, 0.4) is 0 Å². The minimum Gasteiger partial charge on any atom is -0.393 e. The molecule has 3 N–H and O–H groups in total. The van der Waals surface area contributed by atoms with Gasteiger partial charge in [0.15, 0.2) is 0 Å². The summed E-state index contributed by atoms with van der Waals surface area (Å²) in [6.45, 7) is 1.87. The highest BCUT2D eigenvalue weighted by Crippen LogP contribution is 2.14. The maximum Gasteiger partial charge on any atom is 0.319 e. The number of nitrogens with one attached hydrogen (secondary N) is 2. The SMILES string of the molecule is C[C@H](O)CCNC(=O)Nc1ccc(F)cc1F. The maximum absolute atomic E-state index is 13.1. The third kappa shape index (κ3) is 4.78. The minimum absolute atomic E-state index is 0.0963. The molecule has 17 heavy (non-hydrogen) atoms. The van der Waals surface area contributed by atoms with Gasteiger partial charge in [-0.15, -0.1) is 0 Å². The molecular weight excluding hydrogens is 230 g/mol. The lowest BCUT2D eigenvalue weighted by atomic mass is 10.3. The number of rotatable bonds is 4. The Morgan fingerprint density at radius 1 is 1.47 bits per heavy atom. The fraction of sp³-hybridized carbons (Fsp3) is 0.364. The molecule has 0 radical (unpaired) electrons. The number of benzene rings is 1.